The summed E-state index contributed by atoms with van der Waals surface area (Å²) in [5, 5.41) is 0. The van der Waals surface area contributed by atoms with E-state index in [2.05, 4.69) is 20.7 Å². The highest BCUT2D eigenvalue weighted by Crippen LogP contribution is 2.23. The number of sulfonamides is 1. The van der Waals surface area contributed by atoms with E-state index in [0.29, 0.717) is 5.69 Å². The third-order valence-corrected chi connectivity index (χ3v) is 4.81. The van der Waals surface area contributed by atoms with Gasteiger partial charge in [-0.15, -0.1) is 0 Å². The first kappa shape index (κ1) is 14.1. The van der Waals surface area contributed by atoms with Crippen molar-refractivity contribution in [3.05, 3.63) is 58.1 Å². The maximum absolute atomic E-state index is 12.3. The van der Waals surface area contributed by atoms with Crippen LogP contribution in [-0.4, -0.2) is 8.42 Å². The Kier molecular flexibility index (Phi) is 3.96. The van der Waals surface area contributed by atoms with Crippen LogP contribution in [0.25, 0.3) is 0 Å². The van der Waals surface area contributed by atoms with E-state index in [9.17, 15) is 8.42 Å². The van der Waals surface area contributed by atoms with E-state index >= 15 is 0 Å². The van der Waals surface area contributed by atoms with Gasteiger partial charge in [0.05, 0.1) is 10.6 Å². The van der Waals surface area contributed by atoms with E-state index in [4.69, 9.17) is 0 Å². The molecule has 2 rings (SSSR count). The summed E-state index contributed by atoms with van der Waals surface area (Å²) in [6.45, 7) is 3.85. The summed E-state index contributed by atoms with van der Waals surface area (Å²) >= 11 is 3.27. The van der Waals surface area contributed by atoms with Crippen LogP contribution in [0.1, 0.15) is 11.1 Å². The van der Waals surface area contributed by atoms with Crippen LogP contribution in [0.5, 0.6) is 0 Å². The number of hydrogen-bond acceptors (Lipinski definition) is 2. The molecule has 19 heavy (non-hydrogen) atoms. The van der Waals surface area contributed by atoms with Crippen molar-refractivity contribution in [3.63, 3.8) is 0 Å². The Balaban J connectivity index is 2.39. The molecule has 1 N–H and O–H groups in total. The van der Waals surface area contributed by atoms with Gasteiger partial charge in [-0.3, -0.25) is 4.72 Å². The van der Waals surface area contributed by atoms with Crippen molar-refractivity contribution in [2.24, 2.45) is 0 Å². The van der Waals surface area contributed by atoms with Crippen molar-refractivity contribution in [2.45, 2.75) is 18.7 Å². The fourth-order valence-corrected chi connectivity index (χ4v) is 3.42. The standard InChI is InChI=1S/C14H14BrNO2S/c1-10-5-3-8-14(11(10)2)16-19(17,18)13-7-4-6-12(15)9-13/h3-9,16H,1-2H3. The average molecular weight is 340 g/mol. The molecule has 2 aromatic rings. The molecule has 0 saturated heterocycles. The van der Waals surface area contributed by atoms with Crippen molar-refractivity contribution in [3.8, 4) is 0 Å². The van der Waals surface area contributed by atoms with E-state index in [1.54, 1.807) is 30.3 Å². The first-order chi connectivity index (χ1) is 8.90. The number of halogens is 1. The molecular formula is C14H14BrNO2S. The molecule has 0 spiro atoms. The van der Waals surface area contributed by atoms with E-state index in [1.807, 2.05) is 26.0 Å². The number of benzene rings is 2. The molecule has 0 radical (unpaired) electrons. The van der Waals surface area contributed by atoms with Crippen LogP contribution in [0.2, 0.25) is 0 Å². The molecule has 2 aromatic carbocycles. The Morgan fingerprint density at radius 3 is 2.42 bits per heavy atom. The molecule has 0 fully saturated rings. The minimum absolute atomic E-state index is 0.239. The Hall–Kier alpha value is -1.33. The zero-order valence-electron chi connectivity index (χ0n) is 10.6. The van der Waals surface area contributed by atoms with Gasteiger partial charge in [0.1, 0.15) is 0 Å². The van der Waals surface area contributed by atoms with Gasteiger partial charge in [0.2, 0.25) is 0 Å². The van der Waals surface area contributed by atoms with Crippen molar-refractivity contribution in [1.29, 1.82) is 0 Å². The smallest absolute Gasteiger partial charge is 0.261 e. The number of nitrogens with one attached hydrogen (secondary N) is 1. The summed E-state index contributed by atoms with van der Waals surface area (Å²) in [6, 6.07) is 12.2. The highest BCUT2D eigenvalue weighted by atomic mass is 79.9. The Morgan fingerprint density at radius 1 is 1.05 bits per heavy atom. The second-order valence-corrected chi connectivity index (χ2v) is 6.91. The summed E-state index contributed by atoms with van der Waals surface area (Å²) in [7, 11) is -3.56. The van der Waals surface area contributed by atoms with Gasteiger partial charge in [0.15, 0.2) is 0 Å². The summed E-state index contributed by atoms with van der Waals surface area (Å²) in [5.74, 6) is 0. The maximum atomic E-state index is 12.3. The van der Waals surface area contributed by atoms with Crippen molar-refractivity contribution < 1.29 is 8.42 Å². The second-order valence-electron chi connectivity index (χ2n) is 4.31. The normalized spacial score (nSPS) is 11.3. The van der Waals surface area contributed by atoms with Crippen LogP contribution in [0.3, 0.4) is 0 Å². The fourth-order valence-electron chi connectivity index (χ4n) is 1.70. The lowest BCUT2D eigenvalue weighted by molar-refractivity contribution is 0.601. The highest BCUT2D eigenvalue weighted by molar-refractivity contribution is 9.10. The van der Waals surface area contributed by atoms with E-state index in [0.717, 1.165) is 15.6 Å². The van der Waals surface area contributed by atoms with Crippen LogP contribution >= 0.6 is 15.9 Å². The molecule has 0 bridgehead atoms. The largest absolute Gasteiger partial charge is 0.279 e. The minimum Gasteiger partial charge on any atom is -0.279 e. The number of aryl methyl sites for hydroxylation is 1. The molecule has 0 aliphatic carbocycles. The molecule has 0 heterocycles. The fraction of sp³-hybridized carbons (Fsp3) is 0.143. The predicted molar refractivity (Wildman–Crippen MR) is 80.9 cm³/mol. The topological polar surface area (TPSA) is 46.2 Å². The van der Waals surface area contributed by atoms with Crippen molar-refractivity contribution in [2.75, 3.05) is 4.72 Å². The molecule has 3 nitrogen and oxygen atoms in total. The second kappa shape index (κ2) is 5.35. The van der Waals surface area contributed by atoms with E-state index < -0.39 is 10.0 Å². The molecule has 0 aliphatic heterocycles. The van der Waals surface area contributed by atoms with Crippen molar-refractivity contribution in [1.82, 2.24) is 0 Å². The van der Waals surface area contributed by atoms with Crippen molar-refractivity contribution >= 4 is 31.6 Å². The Labute approximate surface area is 121 Å². The predicted octanol–water partition coefficient (Wildman–Crippen LogP) is 3.87. The lowest BCUT2D eigenvalue weighted by Gasteiger charge is -2.12. The summed E-state index contributed by atoms with van der Waals surface area (Å²) in [5.41, 5.74) is 2.59. The SMILES string of the molecule is Cc1cccc(NS(=O)(=O)c2cccc(Br)c2)c1C. The Morgan fingerprint density at radius 2 is 1.74 bits per heavy atom. The molecule has 100 valence electrons. The quantitative estimate of drug-likeness (QED) is 0.922. The zero-order valence-corrected chi connectivity index (χ0v) is 13.0. The molecule has 0 saturated carbocycles. The summed E-state index contributed by atoms with van der Waals surface area (Å²) in [6.07, 6.45) is 0. The van der Waals surface area contributed by atoms with Gasteiger partial charge in [-0.1, -0.05) is 34.1 Å². The zero-order chi connectivity index (χ0) is 14.0. The Bertz CT molecular complexity index is 711. The molecule has 0 atom stereocenters. The van der Waals surface area contributed by atoms with Gasteiger partial charge in [0.25, 0.3) is 10.0 Å². The number of anilines is 1. The summed E-state index contributed by atoms with van der Waals surface area (Å²) in [4.78, 5) is 0.239. The van der Waals surface area contributed by atoms with Crippen LogP contribution < -0.4 is 4.72 Å². The molecule has 0 aromatic heterocycles. The van der Waals surface area contributed by atoms with Gasteiger partial charge in [-0.05, 0) is 49.2 Å². The van der Waals surface area contributed by atoms with Gasteiger partial charge < -0.3 is 0 Å². The van der Waals surface area contributed by atoms with E-state index in [-0.39, 0.29) is 4.90 Å². The monoisotopic (exact) mass is 339 g/mol. The molecule has 0 amide bonds. The lowest BCUT2D eigenvalue weighted by Crippen LogP contribution is -2.14. The van der Waals surface area contributed by atoms with Gasteiger partial charge in [-0.25, -0.2) is 8.42 Å². The molecule has 0 unspecified atom stereocenters. The minimum atomic E-state index is -3.56. The van der Waals surface area contributed by atoms with Crippen LogP contribution in [0, 0.1) is 13.8 Å². The molecule has 5 heteroatoms. The van der Waals surface area contributed by atoms with Gasteiger partial charge >= 0.3 is 0 Å². The highest BCUT2D eigenvalue weighted by Gasteiger charge is 2.15. The first-order valence-electron chi connectivity index (χ1n) is 5.75. The van der Waals surface area contributed by atoms with Gasteiger partial charge in [-0.2, -0.15) is 0 Å². The molecular weight excluding hydrogens is 326 g/mol. The van der Waals surface area contributed by atoms with E-state index in [1.165, 1.54) is 0 Å². The third kappa shape index (κ3) is 3.16. The third-order valence-electron chi connectivity index (χ3n) is 2.96. The number of rotatable bonds is 3. The number of hydrogen-bond donors (Lipinski definition) is 1. The first-order valence-corrected chi connectivity index (χ1v) is 8.02. The van der Waals surface area contributed by atoms with Crippen LogP contribution in [-0.2, 0) is 10.0 Å². The maximum Gasteiger partial charge on any atom is 0.261 e. The van der Waals surface area contributed by atoms with Crippen LogP contribution in [0.4, 0.5) is 5.69 Å². The average Bonchev–Trinajstić information content (AvgIpc) is 2.35. The molecule has 0 aliphatic rings. The lowest BCUT2D eigenvalue weighted by atomic mass is 10.1. The van der Waals surface area contributed by atoms with Crippen LogP contribution in [0.15, 0.2) is 51.8 Å². The van der Waals surface area contributed by atoms with Gasteiger partial charge in [0, 0.05) is 4.47 Å². The summed E-state index contributed by atoms with van der Waals surface area (Å²) < 4.78 is 27.9.